The molecule has 3 heterocycles. The van der Waals surface area contributed by atoms with Crippen LogP contribution in [0, 0.1) is 11.8 Å². The Morgan fingerprint density at radius 1 is 1.37 bits per heavy atom. The van der Waals surface area contributed by atoms with Crippen LogP contribution in [0.3, 0.4) is 0 Å². The van der Waals surface area contributed by atoms with E-state index < -0.39 is 0 Å². The van der Waals surface area contributed by atoms with Gasteiger partial charge in [0, 0.05) is 37.3 Å². The lowest BCUT2D eigenvalue weighted by atomic mass is 9.92. The van der Waals surface area contributed by atoms with Crippen molar-refractivity contribution in [3.8, 4) is 0 Å². The van der Waals surface area contributed by atoms with Gasteiger partial charge in [-0.15, -0.1) is 11.3 Å². The molecule has 0 spiro atoms. The molecule has 1 aliphatic rings. The van der Waals surface area contributed by atoms with Gasteiger partial charge in [0.15, 0.2) is 4.96 Å². The quantitative estimate of drug-likeness (QED) is 0.845. The van der Waals surface area contributed by atoms with Crippen LogP contribution in [0.5, 0.6) is 0 Å². The standard InChI is InChI=1S/C14H19N3OS/c1-10-5-11(2)8-16(7-10)9-12-6-13(18)17-3-4-19-14(17)15-12/h3-4,6,10-11H,5,7-9H2,1-2H3. The Balaban J connectivity index is 1.83. The zero-order chi connectivity index (χ0) is 13.4. The lowest BCUT2D eigenvalue weighted by Gasteiger charge is -2.34. The number of piperidine rings is 1. The molecule has 0 radical (unpaired) electrons. The summed E-state index contributed by atoms with van der Waals surface area (Å²) in [5.74, 6) is 1.46. The van der Waals surface area contributed by atoms with Crippen molar-refractivity contribution in [1.82, 2.24) is 14.3 Å². The largest absolute Gasteiger partial charge is 0.297 e. The van der Waals surface area contributed by atoms with Crippen LogP contribution in [0.4, 0.5) is 0 Å². The average Bonchev–Trinajstić information content (AvgIpc) is 2.75. The van der Waals surface area contributed by atoms with Gasteiger partial charge in [-0.1, -0.05) is 13.8 Å². The molecule has 2 aromatic heterocycles. The highest BCUT2D eigenvalue weighted by atomic mass is 32.1. The normalized spacial score (nSPS) is 24.9. The first-order chi connectivity index (χ1) is 9.11. The van der Waals surface area contributed by atoms with Crippen LogP contribution in [0.2, 0.25) is 0 Å². The minimum absolute atomic E-state index is 0.0272. The van der Waals surface area contributed by atoms with Crippen LogP contribution >= 0.6 is 11.3 Å². The van der Waals surface area contributed by atoms with E-state index in [9.17, 15) is 4.79 Å². The lowest BCUT2D eigenvalue weighted by Crippen LogP contribution is -2.38. The highest BCUT2D eigenvalue weighted by Gasteiger charge is 2.22. The summed E-state index contributed by atoms with van der Waals surface area (Å²) in [4.78, 5) is 19.7. The summed E-state index contributed by atoms with van der Waals surface area (Å²) in [5.41, 5.74) is 0.924. The van der Waals surface area contributed by atoms with Crippen molar-refractivity contribution in [3.05, 3.63) is 33.7 Å². The number of hydrogen-bond acceptors (Lipinski definition) is 4. The van der Waals surface area contributed by atoms with E-state index in [1.165, 1.54) is 17.8 Å². The molecule has 0 aromatic carbocycles. The summed E-state index contributed by atoms with van der Waals surface area (Å²) in [6.07, 6.45) is 3.08. The van der Waals surface area contributed by atoms with Crippen molar-refractivity contribution < 1.29 is 0 Å². The summed E-state index contributed by atoms with van der Waals surface area (Å²) in [6.45, 7) is 7.60. The van der Waals surface area contributed by atoms with Crippen LogP contribution < -0.4 is 5.56 Å². The second kappa shape index (κ2) is 5.06. The van der Waals surface area contributed by atoms with E-state index in [1.54, 1.807) is 16.7 Å². The Morgan fingerprint density at radius 2 is 2.11 bits per heavy atom. The van der Waals surface area contributed by atoms with Gasteiger partial charge in [-0.05, 0) is 18.3 Å². The van der Waals surface area contributed by atoms with E-state index in [2.05, 4.69) is 23.7 Å². The van der Waals surface area contributed by atoms with E-state index in [0.29, 0.717) is 0 Å². The molecule has 0 N–H and O–H groups in total. The monoisotopic (exact) mass is 277 g/mol. The van der Waals surface area contributed by atoms with Gasteiger partial charge >= 0.3 is 0 Å². The highest BCUT2D eigenvalue weighted by molar-refractivity contribution is 7.15. The Morgan fingerprint density at radius 3 is 2.84 bits per heavy atom. The first-order valence-electron chi connectivity index (χ1n) is 6.80. The van der Waals surface area contributed by atoms with Crippen molar-refractivity contribution in [2.24, 2.45) is 11.8 Å². The number of likely N-dealkylation sites (tertiary alicyclic amines) is 1. The SMILES string of the molecule is CC1CC(C)CN(Cc2cc(=O)n3ccsc3n2)C1. The van der Waals surface area contributed by atoms with Crippen LogP contribution in [-0.2, 0) is 6.54 Å². The molecule has 0 aliphatic carbocycles. The van der Waals surface area contributed by atoms with Gasteiger partial charge in [0.2, 0.25) is 0 Å². The molecule has 19 heavy (non-hydrogen) atoms. The third-order valence-electron chi connectivity index (χ3n) is 3.69. The van der Waals surface area contributed by atoms with Crippen LogP contribution in [-0.4, -0.2) is 27.4 Å². The molecule has 4 nitrogen and oxygen atoms in total. The van der Waals surface area contributed by atoms with Gasteiger partial charge in [-0.3, -0.25) is 14.1 Å². The minimum atomic E-state index is 0.0272. The summed E-state index contributed by atoms with van der Waals surface area (Å²) in [7, 11) is 0. The maximum atomic E-state index is 11.9. The van der Waals surface area contributed by atoms with Gasteiger partial charge in [0.1, 0.15) is 0 Å². The van der Waals surface area contributed by atoms with E-state index >= 15 is 0 Å². The second-order valence-corrected chi connectivity index (χ2v) is 6.65. The maximum absolute atomic E-state index is 11.9. The van der Waals surface area contributed by atoms with Crippen LogP contribution in [0.1, 0.15) is 26.0 Å². The second-order valence-electron chi connectivity index (χ2n) is 5.78. The Labute approximate surface area is 116 Å². The van der Waals surface area contributed by atoms with Crippen molar-refractivity contribution in [1.29, 1.82) is 0 Å². The van der Waals surface area contributed by atoms with Crippen molar-refractivity contribution in [3.63, 3.8) is 0 Å². The lowest BCUT2D eigenvalue weighted by molar-refractivity contribution is 0.133. The van der Waals surface area contributed by atoms with Gasteiger partial charge in [0.25, 0.3) is 5.56 Å². The summed E-state index contributed by atoms with van der Waals surface area (Å²) < 4.78 is 1.61. The summed E-state index contributed by atoms with van der Waals surface area (Å²) in [5, 5.41) is 1.90. The number of aromatic nitrogens is 2. The summed E-state index contributed by atoms with van der Waals surface area (Å²) in [6, 6.07) is 1.67. The topological polar surface area (TPSA) is 37.6 Å². The molecule has 1 saturated heterocycles. The number of hydrogen-bond donors (Lipinski definition) is 0. The van der Waals surface area contributed by atoms with Gasteiger partial charge in [-0.2, -0.15) is 0 Å². The van der Waals surface area contributed by atoms with Crippen molar-refractivity contribution >= 4 is 16.3 Å². The number of thiazole rings is 1. The predicted octanol–water partition coefficient (Wildman–Crippen LogP) is 2.23. The van der Waals surface area contributed by atoms with Crippen LogP contribution in [0.15, 0.2) is 22.4 Å². The molecule has 2 aromatic rings. The smallest absolute Gasteiger partial charge is 0.258 e. The van der Waals surface area contributed by atoms with Crippen molar-refractivity contribution in [2.45, 2.75) is 26.8 Å². The fourth-order valence-electron chi connectivity index (χ4n) is 3.12. The summed E-state index contributed by atoms with van der Waals surface area (Å²) >= 11 is 1.51. The fraction of sp³-hybridized carbons (Fsp3) is 0.571. The molecule has 3 rings (SSSR count). The Bertz CT molecular complexity index is 623. The highest BCUT2D eigenvalue weighted by Crippen LogP contribution is 2.22. The number of rotatable bonds is 2. The Kier molecular flexibility index (Phi) is 3.41. The zero-order valence-electron chi connectivity index (χ0n) is 11.4. The maximum Gasteiger partial charge on any atom is 0.258 e. The molecule has 2 unspecified atom stereocenters. The number of nitrogens with zero attached hydrogens (tertiary/aromatic N) is 3. The fourth-order valence-corrected chi connectivity index (χ4v) is 3.86. The van der Waals surface area contributed by atoms with Crippen molar-refractivity contribution in [2.75, 3.05) is 13.1 Å². The zero-order valence-corrected chi connectivity index (χ0v) is 12.2. The van der Waals surface area contributed by atoms with E-state index in [-0.39, 0.29) is 5.56 Å². The Hall–Kier alpha value is -1.20. The van der Waals surface area contributed by atoms with E-state index in [4.69, 9.17) is 0 Å². The molecule has 2 atom stereocenters. The van der Waals surface area contributed by atoms with Crippen LogP contribution in [0.25, 0.3) is 4.96 Å². The molecule has 0 saturated carbocycles. The van der Waals surface area contributed by atoms with Gasteiger partial charge in [0.05, 0.1) is 5.69 Å². The number of fused-ring (bicyclic) bond motifs is 1. The first-order valence-corrected chi connectivity index (χ1v) is 7.68. The molecule has 5 heteroatoms. The molecular formula is C14H19N3OS. The molecular weight excluding hydrogens is 258 g/mol. The molecule has 102 valence electrons. The molecule has 0 amide bonds. The molecule has 1 aliphatic heterocycles. The molecule has 1 fully saturated rings. The molecule has 0 bridgehead atoms. The minimum Gasteiger partial charge on any atom is -0.297 e. The van der Waals surface area contributed by atoms with E-state index in [1.807, 2.05) is 5.38 Å². The van der Waals surface area contributed by atoms with E-state index in [0.717, 1.165) is 42.1 Å². The van der Waals surface area contributed by atoms with Gasteiger partial charge in [-0.25, -0.2) is 4.98 Å². The first kappa shape index (κ1) is 12.8. The third kappa shape index (κ3) is 2.72. The predicted molar refractivity (Wildman–Crippen MR) is 77.6 cm³/mol. The third-order valence-corrected chi connectivity index (χ3v) is 4.44. The van der Waals surface area contributed by atoms with Gasteiger partial charge < -0.3 is 0 Å². The average molecular weight is 277 g/mol.